The highest BCUT2D eigenvalue weighted by Crippen LogP contribution is 2.29. The average molecular weight is 706 g/mol. The first-order chi connectivity index (χ1) is 23.7. The Balaban J connectivity index is 1.62. The van der Waals surface area contributed by atoms with Crippen molar-refractivity contribution in [1.29, 1.82) is 0 Å². The third-order valence-electron chi connectivity index (χ3n) is 9.12. The van der Waals surface area contributed by atoms with Crippen molar-refractivity contribution in [2.75, 3.05) is 30.7 Å². The van der Waals surface area contributed by atoms with Gasteiger partial charge in [-0.2, -0.15) is 0 Å². The molecule has 3 aromatic carbocycles. The molecular weight excluding hydrogens is 655 g/mol. The molecule has 3 aromatic rings. The summed E-state index contributed by atoms with van der Waals surface area (Å²) in [5.41, 5.74) is 2.24. The minimum absolute atomic E-state index is 0.103. The molecule has 11 nitrogen and oxygen atoms in total. The van der Waals surface area contributed by atoms with Gasteiger partial charge in [0.15, 0.2) is 0 Å². The lowest BCUT2D eigenvalue weighted by Gasteiger charge is -2.29. The van der Waals surface area contributed by atoms with E-state index in [2.05, 4.69) is 21.3 Å². The zero-order valence-corrected chi connectivity index (χ0v) is 30.4. The zero-order valence-electron chi connectivity index (χ0n) is 29.6. The van der Waals surface area contributed by atoms with Gasteiger partial charge < -0.3 is 26.4 Å². The van der Waals surface area contributed by atoms with Gasteiger partial charge in [-0.3, -0.25) is 18.7 Å². The van der Waals surface area contributed by atoms with Crippen LogP contribution < -0.4 is 25.6 Å². The summed E-state index contributed by atoms with van der Waals surface area (Å²) in [7, 11) is -2.35. The first-order valence-corrected chi connectivity index (χ1v) is 19.1. The number of carbonyl (C=O) groups is 3. The van der Waals surface area contributed by atoms with Crippen LogP contribution in [0.15, 0.2) is 78.9 Å². The van der Waals surface area contributed by atoms with Crippen molar-refractivity contribution in [3.05, 3.63) is 101 Å². The predicted molar refractivity (Wildman–Crippen MR) is 196 cm³/mol. The molecule has 1 saturated carbocycles. The minimum Gasteiger partial charge on any atom is -0.393 e. The van der Waals surface area contributed by atoms with Crippen molar-refractivity contribution in [2.45, 2.75) is 70.7 Å². The van der Waals surface area contributed by atoms with Gasteiger partial charge in [-0.25, -0.2) is 8.42 Å². The number of anilines is 1. The summed E-state index contributed by atoms with van der Waals surface area (Å²) in [6, 6.07) is 21.9. The predicted octanol–water partition coefficient (Wildman–Crippen LogP) is 3.81. The summed E-state index contributed by atoms with van der Waals surface area (Å²) < 4.78 is 26.1. The van der Waals surface area contributed by atoms with Crippen LogP contribution in [0.1, 0.15) is 77.9 Å². The van der Waals surface area contributed by atoms with Crippen LogP contribution in [0.25, 0.3) is 0 Å². The Bertz CT molecular complexity index is 1700. The number of rotatable bonds is 16. The van der Waals surface area contributed by atoms with Gasteiger partial charge in [0, 0.05) is 43.2 Å². The maximum atomic E-state index is 14.0. The van der Waals surface area contributed by atoms with Gasteiger partial charge in [0.25, 0.3) is 11.8 Å². The molecule has 0 bridgehead atoms. The number of nitrogens with zero attached hydrogens (tertiary/aromatic N) is 1. The van der Waals surface area contributed by atoms with Crippen LogP contribution in [0.4, 0.5) is 5.69 Å². The van der Waals surface area contributed by atoms with Gasteiger partial charge in [-0.15, -0.1) is 0 Å². The van der Waals surface area contributed by atoms with E-state index in [9.17, 15) is 27.9 Å². The summed E-state index contributed by atoms with van der Waals surface area (Å²) in [5, 5.41) is 23.1. The van der Waals surface area contributed by atoms with E-state index in [1.165, 1.54) is 25.2 Å². The fourth-order valence-corrected chi connectivity index (χ4v) is 6.66. The maximum Gasteiger partial charge on any atom is 0.251 e. The second-order valence-corrected chi connectivity index (χ2v) is 15.7. The number of hydrogen-bond donors (Lipinski definition) is 5. The van der Waals surface area contributed by atoms with Gasteiger partial charge in [-0.05, 0) is 61.4 Å². The highest BCUT2D eigenvalue weighted by Gasteiger charge is 2.37. The molecule has 0 saturated heterocycles. The van der Waals surface area contributed by atoms with Crippen molar-refractivity contribution < 1.29 is 27.9 Å². The van der Waals surface area contributed by atoms with E-state index in [1.54, 1.807) is 0 Å². The third kappa shape index (κ3) is 10.9. The average Bonchev–Trinajstić information content (AvgIpc) is 3.52. The summed E-state index contributed by atoms with van der Waals surface area (Å²) in [5.74, 6) is -1.18. The Hall–Kier alpha value is -4.26. The number of hydrogen-bond acceptors (Lipinski definition) is 7. The van der Waals surface area contributed by atoms with E-state index >= 15 is 0 Å². The first kappa shape index (κ1) is 38.5. The molecule has 0 aliphatic heterocycles. The topological polar surface area (TPSA) is 157 Å². The van der Waals surface area contributed by atoms with Crippen LogP contribution in [0.3, 0.4) is 0 Å². The lowest BCUT2D eigenvalue weighted by molar-refractivity contribution is -0.125. The fraction of sp³-hybridized carbons (Fsp3) is 0.447. The number of sulfonamides is 1. The molecule has 5 atom stereocenters. The largest absolute Gasteiger partial charge is 0.393 e. The van der Waals surface area contributed by atoms with Crippen LogP contribution in [-0.2, 0) is 21.2 Å². The Morgan fingerprint density at radius 2 is 1.46 bits per heavy atom. The molecule has 1 unspecified atom stereocenters. The Morgan fingerprint density at radius 1 is 0.860 bits per heavy atom. The summed E-state index contributed by atoms with van der Waals surface area (Å²) in [6.07, 6.45) is 3.03. The molecule has 1 fully saturated rings. The van der Waals surface area contributed by atoms with Crippen LogP contribution in [0.5, 0.6) is 0 Å². The minimum atomic E-state index is -3.72. The molecule has 0 heterocycles. The molecule has 50 heavy (non-hydrogen) atoms. The standard InChI is InChI=1S/C38H51N5O6S/c1-25(2)23-40-38(47)35(33-17-12-18-34(33)44)39-24-31(19-27-13-8-6-9-14-27)42-37(46)30-20-29(21-32(22-30)43(4)50(5,48)49)36(45)41-26(3)28-15-10-7-11-16-28/h6-11,13-16,20-22,25-26,31,33-35,39,44H,12,17-19,23-24H2,1-5H3,(H,40,47)(H,41,45)(H,42,46)/t26-,31+,33-,34?,35+/m1/s1. The third-order valence-corrected chi connectivity index (χ3v) is 10.3. The van der Waals surface area contributed by atoms with Crippen LogP contribution >= 0.6 is 0 Å². The van der Waals surface area contributed by atoms with Crippen LogP contribution in [0, 0.1) is 11.8 Å². The number of nitrogens with one attached hydrogen (secondary N) is 4. The van der Waals surface area contributed by atoms with Crippen molar-refractivity contribution >= 4 is 33.4 Å². The lowest BCUT2D eigenvalue weighted by Crippen LogP contribution is -2.55. The van der Waals surface area contributed by atoms with E-state index in [0.29, 0.717) is 25.8 Å². The number of aliphatic hydroxyl groups excluding tert-OH is 1. The molecular formula is C38H51N5O6S. The van der Waals surface area contributed by atoms with Crippen molar-refractivity contribution in [2.24, 2.45) is 11.8 Å². The second-order valence-electron chi connectivity index (χ2n) is 13.7. The summed E-state index contributed by atoms with van der Waals surface area (Å²) in [4.78, 5) is 40.9. The highest BCUT2D eigenvalue weighted by atomic mass is 32.2. The van der Waals surface area contributed by atoms with E-state index in [1.807, 2.05) is 81.4 Å². The molecule has 0 aromatic heterocycles. The molecule has 1 aliphatic rings. The summed E-state index contributed by atoms with van der Waals surface area (Å²) >= 11 is 0. The maximum absolute atomic E-state index is 14.0. The van der Waals surface area contributed by atoms with Crippen molar-refractivity contribution in [3.8, 4) is 0 Å². The normalized spacial score (nSPS) is 17.8. The second kappa shape index (κ2) is 17.6. The van der Waals surface area contributed by atoms with E-state index < -0.39 is 40.0 Å². The monoisotopic (exact) mass is 705 g/mol. The Kier molecular flexibility index (Phi) is 13.6. The molecule has 0 spiro atoms. The quantitative estimate of drug-likeness (QED) is 0.152. The first-order valence-electron chi connectivity index (χ1n) is 17.2. The fourth-order valence-electron chi connectivity index (χ4n) is 6.17. The van der Waals surface area contributed by atoms with Gasteiger partial charge in [-0.1, -0.05) is 80.9 Å². The number of benzene rings is 3. The Morgan fingerprint density at radius 3 is 2.02 bits per heavy atom. The molecule has 0 radical (unpaired) electrons. The number of amides is 3. The molecule has 1 aliphatic carbocycles. The van der Waals surface area contributed by atoms with Crippen LogP contribution in [0.2, 0.25) is 0 Å². The zero-order chi connectivity index (χ0) is 36.4. The van der Waals surface area contributed by atoms with E-state index in [-0.39, 0.29) is 47.1 Å². The van der Waals surface area contributed by atoms with E-state index in [4.69, 9.17) is 0 Å². The van der Waals surface area contributed by atoms with Crippen LogP contribution in [-0.4, -0.2) is 75.8 Å². The molecule has 270 valence electrons. The molecule has 3 amide bonds. The van der Waals surface area contributed by atoms with Crippen molar-refractivity contribution in [3.63, 3.8) is 0 Å². The highest BCUT2D eigenvalue weighted by molar-refractivity contribution is 7.92. The van der Waals surface area contributed by atoms with Crippen molar-refractivity contribution in [1.82, 2.24) is 21.3 Å². The summed E-state index contributed by atoms with van der Waals surface area (Å²) in [6.45, 7) is 6.59. The lowest BCUT2D eigenvalue weighted by atomic mass is 9.94. The van der Waals surface area contributed by atoms with Gasteiger partial charge in [0.05, 0.1) is 30.1 Å². The van der Waals surface area contributed by atoms with E-state index in [0.717, 1.165) is 28.1 Å². The SMILES string of the molecule is CC(C)CNC(=O)[C@@H](NC[C@H](Cc1ccccc1)NC(=O)c1cc(C(=O)N[C@H](C)c2ccccc2)cc(N(C)S(C)(=O)=O)c1)[C@@H]1CCCC1O. The van der Waals surface area contributed by atoms with Gasteiger partial charge in [0.2, 0.25) is 15.9 Å². The number of carbonyl (C=O) groups excluding carboxylic acids is 3. The molecule has 4 rings (SSSR count). The Labute approximate surface area is 296 Å². The number of aliphatic hydroxyl groups is 1. The van der Waals surface area contributed by atoms with Gasteiger partial charge in [0.1, 0.15) is 0 Å². The smallest absolute Gasteiger partial charge is 0.251 e. The van der Waals surface area contributed by atoms with Gasteiger partial charge >= 0.3 is 0 Å². The molecule has 12 heteroatoms. The molecule has 5 N–H and O–H groups in total.